The summed E-state index contributed by atoms with van der Waals surface area (Å²) in [5.41, 5.74) is 7.79. The number of rotatable bonds is 13. The predicted octanol–water partition coefficient (Wildman–Crippen LogP) is -0.807. The summed E-state index contributed by atoms with van der Waals surface area (Å²) in [5.74, 6) is -3.77. The van der Waals surface area contributed by atoms with E-state index in [-0.39, 0.29) is 12.8 Å². The van der Waals surface area contributed by atoms with E-state index in [1.165, 1.54) is 6.92 Å². The van der Waals surface area contributed by atoms with Gasteiger partial charge in [0.05, 0.1) is 12.7 Å². The quantitative estimate of drug-likeness (QED) is 0.137. The first kappa shape index (κ1) is 29.3. The standard InChI is InChI=1S/C27H33N5O7/c1-15(34)23(28)26(37)32-22(14-33)25(36)30-20(11-16-7-3-2-4-8-16)24(35)31-21(27(38)39)12-17-13-29-19-10-6-5-9-18(17)19/h2-10,13,15,20-23,29,33-34H,11-12,14,28H2,1H3,(H,30,36)(H,31,35)(H,32,37)(H,38,39). The van der Waals surface area contributed by atoms with Gasteiger partial charge in [0.1, 0.15) is 24.2 Å². The van der Waals surface area contributed by atoms with Crippen LogP contribution in [-0.2, 0) is 32.0 Å². The van der Waals surface area contributed by atoms with Crippen LogP contribution in [0.2, 0.25) is 0 Å². The Hall–Kier alpha value is -4.26. The van der Waals surface area contributed by atoms with E-state index in [9.17, 15) is 34.5 Å². The molecule has 3 amide bonds. The Kier molecular flexibility index (Phi) is 10.1. The van der Waals surface area contributed by atoms with Crippen molar-refractivity contribution in [3.63, 3.8) is 0 Å². The molecular weight excluding hydrogens is 506 g/mol. The molecule has 0 aliphatic carbocycles. The topological polar surface area (TPSA) is 207 Å². The number of aliphatic hydroxyl groups is 2. The van der Waals surface area contributed by atoms with E-state index >= 15 is 0 Å². The van der Waals surface area contributed by atoms with Crippen LogP contribution in [0.15, 0.2) is 60.8 Å². The molecule has 0 bridgehead atoms. The van der Waals surface area contributed by atoms with Crippen molar-refractivity contribution in [2.24, 2.45) is 5.73 Å². The molecule has 0 fully saturated rings. The van der Waals surface area contributed by atoms with Crippen molar-refractivity contribution in [1.29, 1.82) is 0 Å². The van der Waals surface area contributed by atoms with E-state index in [0.29, 0.717) is 11.1 Å². The number of aromatic amines is 1. The highest BCUT2D eigenvalue weighted by molar-refractivity contribution is 5.94. The molecular formula is C27H33N5O7. The Labute approximate surface area is 224 Å². The Bertz CT molecular complexity index is 1290. The van der Waals surface area contributed by atoms with Gasteiger partial charge in [-0.3, -0.25) is 14.4 Å². The smallest absolute Gasteiger partial charge is 0.326 e. The zero-order valence-corrected chi connectivity index (χ0v) is 21.3. The Balaban J connectivity index is 1.78. The van der Waals surface area contributed by atoms with Gasteiger partial charge in [-0.15, -0.1) is 0 Å². The van der Waals surface area contributed by atoms with Gasteiger partial charge in [-0.05, 0) is 24.1 Å². The summed E-state index contributed by atoms with van der Waals surface area (Å²) in [6.07, 6.45) is 0.484. The van der Waals surface area contributed by atoms with E-state index in [2.05, 4.69) is 20.9 Å². The molecule has 5 atom stereocenters. The highest BCUT2D eigenvalue weighted by Gasteiger charge is 2.31. The summed E-state index contributed by atoms with van der Waals surface area (Å²) in [6.45, 7) is 0.496. The molecule has 12 nitrogen and oxygen atoms in total. The number of benzene rings is 2. The maximum Gasteiger partial charge on any atom is 0.326 e. The van der Waals surface area contributed by atoms with Gasteiger partial charge >= 0.3 is 5.97 Å². The van der Waals surface area contributed by atoms with Crippen LogP contribution in [-0.4, -0.2) is 80.9 Å². The number of carboxylic acids is 1. The molecule has 0 saturated heterocycles. The van der Waals surface area contributed by atoms with Crippen LogP contribution in [0, 0.1) is 0 Å². The van der Waals surface area contributed by atoms with Gasteiger partial charge in [0, 0.05) is 29.9 Å². The third kappa shape index (κ3) is 7.87. The van der Waals surface area contributed by atoms with E-state index in [0.717, 1.165) is 10.9 Å². The summed E-state index contributed by atoms with van der Waals surface area (Å²) in [5, 5.41) is 37.1. The number of carbonyl (C=O) groups excluding carboxylic acids is 3. The molecule has 0 radical (unpaired) electrons. The van der Waals surface area contributed by atoms with Gasteiger partial charge in [-0.1, -0.05) is 48.5 Å². The molecule has 3 rings (SSSR count). The van der Waals surface area contributed by atoms with Crippen molar-refractivity contribution in [3.8, 4) is 0 Å². The lowest BCUT2D eigenvalue weighted by Crippen LogP contribution is -2.59. The number of hydrogen-bond acceptors (Lipinski definition) is 7. The van der Waals surface area contributed by atoms with Crippen LogP contribution in [0.5, 0.6) is 0 Å². The molecule has 5 unspecified atom stereocenters. The van der Waals surface area contributed by atoms with Gasteiger partial charge < -0.3 is 42.0 Å². The van der Waals surface area contributed by atoms with Crippen molar-refractivity contribution >= 4 is 34.6 Å². The largest absolute Gasteiger partial charge is 0.480 e. The monoisotopic (exact) mass is 539 g/mol. The van der Waals surface area contributed by atoms with Crippen LogP contribution in [0.25, 0.3) is 10.9 Å². The van der Waals surface area contributed by atoms with Crippen LogP contribution >= 0.6 is 0 Å². The lowest BCUT2D eigenvalue weighted by atomic mass is 10.0. The molecule has 39 heavy (non-hydrogen) atoms. The second kappa shape index (κ2) is 13.5. The van der Waals surface area contributed by atoms with Gasteiger partial charge in [-0.25, -0.2) is 4.79 Å². The Morgan fingerprint density at radius 1 is 0.846 bits per heavy atom. The third-order valence-corrected chi connectivity index (χ3v) is 6.27. The van der Waals surface area contributed by atoms with Crippen molar-refractivity contribution in [2.75, 3.05) is 6.61 Å². The predicted molar refractivity (Wildman–Crippen MR) is 142 cm³/mol. The normalized spacial score (nSPS) is 15.0. The average Bonchev–Trinajstić information content (AvgIpc) is 3.33. The molecule has 208 valence electrons. The van der Waals surface area contributed by atoms with Crippen molar-refractivity contribution in [2.45, 2.75) is 50.0 Å². The number of hydrogen-bond donors (Lipinski definition) is 8. The number of aliphatic hydroxyl groups excluding tert-OH is 2. The Morgan fingerprint density at radius 3 is 2.08 bits per heavy atom. The number of nitrogens with one attached hydrogen (secondary N) is 4. The molecule has 0 aliphatic rings. The fourth-order valence-corrected chi connectivity index (χ4v) is 4.01. The van der Waals surface area contributed by atoms with Crippen molar-refractivity contribution in [3.05, 3.63) is 71.9 Å². The minimum absolute atomic E-state index is 0.0103. The minimum Gasteiger partial charge on any atom is -0.480 e. The number of fused-ring (bicyclic) bond motifs is 1. The van der Waals surface area contributed by atoms with E-state index < -0.39 is 60.6 Å². The summed E-state index contributed by atoms with van der Waals surface area (Å²) in [6, 6.07) is 10.8. The zero-order chi connectivity index (χ0) is 28.5. The van der Waals surface area contributed by atoms with Crippen molar-refractivity contribution < 1.29 is 34.5 Å². The van der Waals surface area contributed by atoms with Gasteiger partial charge in [-0.2, -0.15) is 0 Å². The molecule has 0 spiro atoms. The van der Waals surface area contributed by atoms with E-state index in [1.807, 2.05) is 24.3 Å². The number of para-hydroxylation sites is 1. The zero-order valence-electron chi connectivity index (χ0n) is 21.3. The molecule has 0 saturated carbocycles. The maximum atomic E-state index is 13.3. The van der Waals surface area contributed by atoms with Crippen LogP contribution < -0.4 is 21.7 Å². The number of aromatic nitrogens is 1. The minimum atomic E-state index is -1.46. The number of carbonyl (C=O) groups is 4. The number of aliphatic carboxylic acids is 1. The number of amides is 3. The molecule has 9 N–H and O–H groups in total. The summed E-state index contributed by atoms with van der Waals surface area (Å²) < 4.78 is 0. The van der Waals surface area contributed by atoms with Crippen molar-refractivity contribution in [1.82, 2.24) is 20.9 Å². The average molecular weight is 540 g/mol. The first-order valence-corrected chi connectivity index (χ1v) is 12.4. The first-order valence-electron chi connectivity index (χ1n) is 12.4. The number of nitrogens with two attached hydrogens (primary N) is 1. The second-order valence-corrected chi connectivity index (χ2v) is 9.22. The lowest BCUT2D eigenvalue weighted by Gasteiger charge is -2.25. The highest BCUT2D eigenvalue weighted by atomic mass is 16.4. The summed E-state index contributed by atoms with van der Waals surface area (Å²) in [7, 11) is 0. The molecule has 1 aromatic heterocycles. The number of H-pyrrole nitrogens is 1. The highest BCUT2D eigenvalue weighted by Crippen LogP contribution is 2.19. The molecule has 2 aromatic carbocycles. The molecule has 12 heteroatoms. The molecule has 3 aromatic rings. The summed E-state index contributed by atoms with van der Waals surface area (Å²) in [4.78, 5) is 53.6. The van der Waals surface area contributed by atoms with Gasteiger partial charge in [0.25, 0.3) is 0 Å². The van der Waals surface area contributed by atoms with E-state index in [4.69, 9.17) is 5.73 Å². The van der Waals surface area contributed by atoms with Crippen LogP contribution in [0.1, 0.15) is 18.1 Å². The SMILES string of the molecule is CC(O)C(N)C(=O)NC(CO)C(=O)NC(Cc1ccccc1)C(=O)NC(Cc1c[nH]c2ccccc12)C(=O)O. The fraction of sp³-hybridized carbons (Fsp3) is 0.333. The number of carboxylic acid groups (broad SMARTS) is 1. The fourth-order valence-electron chi connectivity index (χ4n) is 4.01. The maximum absolute atomic E-state index is 13.3. The van der Waals surface area contributed by atoms with Crippen LogP contribution in [0.3, 0.4) is 0 Å². The summed E-state index contributed by atoms with van der Waals surface area (Å²) >= 11 is 0. The van der Waals surface area contributed by atoms with Crippen LogP contribution in [0.4, 0.5) is 0 Å². The second-order valence-electron chi connectivity index (χ2n) is 9.22. The van der Waals surface area contributed by atoms with Gasteiger partial charge in [0.15, 0.2) is 0 Å². The third-order valence-electron chi connectivity index (χ3n) is 6.27. The molecule has 0 aliphatic heterocycles. The lowest BCUT2D eigenvalue weighted by molar-refractivity contribution is -0.142. The Morgan fingerprint density at radius 2 is 1.44 bits per heavy atom. The van der Waals surface area contributed by atoms with E-state index in [1.54, 1.807) is 36.5 Å². The molecule has 1 heterocycles. The van der Waals surface area contributed by atoms with Gasteiger partial charge in [0.2, 0.25) is 17.7 Å². The first-order chi connectivity index (χ1) is 18.6.